The van der Waals surface area contributed by atoms with Crippen molar-refractivity contribution in [2.45, 2.75) is 32.3 Å². The quantitative estimate of drug-likeness (QED) is 0.369. The van der Waals surface area contributed by atoms with E-state index < -0.39 is 0 Å². The van der Waals surface area contributed by atoms with Crippen molar-refractivity contribution in [3.8, 4) is 6.07 Å². The van der Waals surface area contributed by atoms with Crippen LogP contribution in [0.15, 0.2) is 11.8 Å². The smallest absolute Gasteiger partial charge is 0.263 e. The maximum absolute atomic E-state index is 11.7. The Labute approximate surface area is 120 Å². The number of ether oxygens (including phenoxy) is 2. The number of nitrogens with zero attached hydrogens (tertiary/aromatic N) is 1. The Morgan fingerprint density at radius 1 is 1.60 bits per heavy atom. The normalized spacial score (nSPS) is 18.6. The molecule has 1 fully saturated rings. The van der Waals surface area contributed by atoms with Crippen LogP contribution in [0.25, 0.3) is 0 Å². The summed E-state index contributed by atoms with van der Waals surface area (Å²) in [5.41, 5.74) is 0.0828. The molecule has 0 saturated carbocycles. The van der Waals surface area contributed by atoms with E-state index in [0.29, 0.717) is 26.3 Å². The molecule has 1 saturated heterocycles. The van der Waals surface area contributed by atoms with Crippen molar-refractivity contribution < 1.29 is 14.3 Å². The van der Waals surface area contributed by atoms with E-state index in [1.807, 2.05) is 13.0 Å². The Morgan fingerprint density at radius 2 is 2.45 bits per heavy atom. The van der Waals surface area contributed by atoms with Crippen LogP contribution in [0.2, 0.25) is 0 Å². The van der Waals surface area contributed by atoms with Gasteiger partial charge in [0.15, 0.2) is 0 Å². The van der Waals surface area contributed by atoms with E-state index in [-0.39, 0.29) is 17.6 Å². The minimum absolute atomic E-state index is 0.0828. The first-order valence-electron chi connectivity index (χ1n) is 7.09. The highest BCUT2D eigenvalue weighted by molar-refractivity contribution is 5.97. The first-order valence-corrected chi connectivity index (χ1v) is 7.09. The van der Waals surface area contributed by atoms with Gasteiger partial charge in [-0.25, -0.2) is 0 Å². The lowest BCUT2D eigenvalue weighted by Crippen LogP contribution is -2.28. The van der Waals surface area contributed by atoms with Gasteiger partial charge in [-0.1, -0.05) is 0 Å². The molecule has 0 aliphatic carbocycles. The summed E-state index contributed by atoms with van der Waals surface area (Å²) in [6.07, 6.45) is 4.47. The second-order valence-corrected chi connectivity index (χ2v) is 4.52. The lowest BCUT2D eigenvalue weighted by atomic mass is 10.2. The standard InChI is InChI=1S/C14H23N3O3/c1-2-19-7-4-6-17-14(18)12(9-15)10-16-11-13-5-3-8-20-13/h10,13,16H,2-8,11H2,1H3,(H,17,18)/b12-10-. The van der Waals surface area contributed by atoms with Crippen LogP contribution in [-0.4, -0.2) is 44.9 Å². The number of amides is 1. The summed E-state index contributed by atoms with van der Waals surface area (Å²) >= 11 is 0. The van der Waals surface area contributed by atoms with E-state index in [1.54, 1.807) is 0 Å². The molecule has 6 nitrogen and oxygen atoms in total. The van der Waals surface area contributed by atoms with Gasteiger partial charge in [0.1, 0.15) is 11.6 Å². The zero-order valence-corrected chi connectivity index (χ0v) is 12.0. The third-order valence-corrected chi connectivity index (χ3v) is 2.94. The fourth-order valence-corrected chi connectivity index (χ4v) is 1.86. The van der Waals surface area contributed by atoms with Crippen LogP contribution in [0, 0.1) is 11.3 Å². The summed E-state index contributed by atoms with van der Waals surface area (Å²) in [4.78, 5) is 11.7. The molecule has 2 N–H and O–H groups in total. The fourth-order valence-electron chi connectivity index (χ4n) is 1.86. The lowest BCUT2D eigenvalue weighted by Gasteiger charge is -2.09. The first-order chi connectivity index (χ1) is 9.77. The zero-order chi connectivity index (χ0) is 14.6. The van der Waals surface area contributed by atoms with Gasteiger partial charge in [0.2, 0.25) is 0 Å². The Morgan fingerprint density at radius 3 is 3.10 bits per heavy atom. The van der Waals surface area contributed by atoms with E-state index in [0.717, 1.165) is 25.9 Å². The summed E-state index contributed by atoms with van der Waals surface area (Å²) in [6.45, 7) is 5.13. The fraction of sp³-hybridized carbons (Fsp3) is 0.714. The van der Waals surface area contributed by atoms with Crippen molar-refractivity contribution in [3.63, 3.8) is 0 Å². The van der Waals surface area contributed by atoms with E-state index in [4.69, 9.17) is 14.7 Å². The van der Waals surface area contributed by atoms with Gasteiger partial charge in [-0.05, 0) is 26.2 Å². The van der Waals surface area contributed by atoms with Crippen LogP contribution in [-0.2, 0) is 14.3 Å². The molecule has 20 heavy (non-hydrogen) atoms. The van der Waals surface area contributed by atoms with Crippen molar-refractivity contribution in [1.29, 1.82) is 5.26 Å². The average molecular weight is 281 g/mol. The highest BCUT2D eigenvalue weighted by Crippen LogP contribution is 2.10. The largest absolute Gasteiger partial charge is 0.387 e. The van der Waals surface area contributed by atoms with E-state index >= 15 is 0 Å². The highest BCUT2D eigenvalue weighted by Gasteiger charge is 2.14. The monoisotopic (exact) mass is 281 g/mol. The molecule has 1 amide bonds. The third-order valence-electron chi connectivity index (χ3n) is 2.94. The molecule has 0 radical (unpaired) electrons. The number of carbonyl (C=O) groups is 1. The Kier molecular flexibility index (Phi) is 8.43. The second kappa shape index (κ2) is 10.2. The molecule has 0 aromatic rings. The molecule has 1 heterocycles. The summed E-state index contributed by atoms with van der Waals surface area (Å²) in [5.74, 6) is -0.358. The Balaban J connectivity index is 2.21. The van der Waals surface area contributed by atoms with Crippen LogP contribution in [0.5, 0.6) is 0 Å². The molecule has 0 bridgehead atoms. The molecule has 1 aliphatic heterocycles. The van der Waals surface area contributed by atoms with Gasteiger partial charge in [-0.15, -0.1) is 0 Å². The highest BCUT2D eigenvalue weighted by atomic mass is 16.5. The van der Waals surface area contributed by atoms with Crippen LogP contribution >= 0.6 is 0 Å². The van der Waals surface area contributed by atoms with E-state index in [1.165, 1.54) is 6.20 Å². The lowest BCUT2D eigenvalue weighted by molar-refractivity contribution is -0.117. The molecular weight excluding hydrogens is 258 g/mol. The number of nitriles is 1. The Bertz CT molecular complexity index is 357. The van der Waals surface area contributed by atoms with Gasteiger partial charge in [0, 0.05) is 39.1 Å². The SMILES string of the molecule is CCOCCCNC(=O)/C(C#N)=C\NCC1CCCO1. The minimum atomic E-state index is -0.358. The van der Waals surface area contributed by atoms with E-state index in [9.17, 15) is 4.79 Å². The summed E-state index contributed by atoms with van der Waals surface area (Å²) in [5, 5.41) is 14.6. The molecule has 0 aromatic heterocycles. The number of hydrogen-bond acceptors (Lipinski definition) is 5. The minimum Gasteiger partial charge on any atom is -0.387 e. The van der Waals surface area contributed by atoms with Gasteiger partial charge >= 0.3 is 0 Å². The van der Waals surface area contributed by atoms with E-state index in [2.05, 4.69) is 10.6 Å². The maximum Gasteiger partial charge on any atom is 0.263 e. The van der Waals surface area contributed by atoms with Crippen LogP contribution in [0.1, 0.15) is 26.2 Å². The molecule has 0 aromatic carbocycles. The molecule has 1 atom stereocenters. The first kappa shape index (κ1) is 16.5. The third kappa shape index (κ3) is 6.55. The number of carbonyl (C=O) groups excluding carboxylic acids is 1. The number of rotatable bonds is 9. The van der Waals surface area contributed by atoms with Crippen molar-refractivity contribution in [1.82, 2.24) is 10.6 Å². The van der Waals surface area contributed by atoms with Crippen LogP contribution < -0.4 is 10.6 Å². The van der Waals surface area contributed by atoms with Gasteiger partial charge in [0.25, 0.3) is 5.91 Å². The van der Waals surface area contributed by atoms with Crippen molar-refractivity contribution >= 4 is 5.91 Å². The second-order valence-electron chi connectivity index (χ2n) is 4.52. The molecule has 6 heteroatoms. The van der Waals surface area contributed by atoms with Gasteiger partial charge in [-0.2, -0.15) is 5.26 Å². The van der Waals surface area contributed by atoms with Crippen molar-refractivity contribution in [2.24, 2.45) is 0 Å². The van der Waals surface area contributed by atoms with Gasteiger partial charge in [-0.3, -0.25) is 4.79 Å². The topological polar surface area (TPSA) is 83.4 Å². The number of nitrogens with one attached hydrogen (secondary N) is 2. The number of hydrogen-bond donors (Lipinski definition) is 2. The van der Waals surface area contributed by atoms with Crippen LogP contribution in [0.4, 0.5) is 0 Å². The summed E-state index contributed by atoms with van der Waals surface area (Å²) in [6, 6.07) is 1.89. The molecule has 0 spiro atoms. The molecular formula is C14H23N3O3. The summed E-state index contributed by atoms with van der Waals surface area (Å²) in [7, 11) is 0. The maximum atomic E-state index is 11.7. The van der Waals surface area contributed by atoms with Crippen LogP contribution in [0.3, 0.4) is 0 Å². The molecule has 112 valence electrons. The molecule has 1 unspecified atom stereocenters. The molecule has 1 rings (SSSR count). The summed E-state index contributed by atoms with van der Waals surface area (Å²) < 4.78 is 10.6. The predicted molar refractivity (Wildman–Crippen MR) is 74.8 cm³/mol. The molecule has 1 aliphatic rings. The van der Waals surface area contributed by atoms with Gasteiger partial charge in [0.05, 0.1) is 6.10 Å². The Hall–Kier alpha value is -1.58. The zero-order valence-electron chi connectivity index (χ0n) is 12.0. The van der Waals surface area contributed by atoms with Gasteiger partial charge < -0.3 is 20.1 Å². The average Bonchev–Trinajstić information content (AvgIpc) is 2.96. The predicted octanol–water partition coefficient (Wildman–Crippen LogP) is 0.705. The van der Waals surface area contributed by atoms with Crippen molar-refractivity contribution in [2.75, 3.05) is 32.9 Å². The van der Waals surface area contributed by atoms with Crippen molar-refractivity contribution in [3.05, 3.63) is 11.8 Å².